The van der Waals surface area contributed by atoms with Crippen molar-refractivity contribution in [2.24, 2.45) is 7.05 Å². The van der Waals surface area contributed by atoms with Gasteiger partial charge in [0.15, 0.2) is 0 Å². The Morgan fingerprint density at radius 2 is 1.95 bits per heavy atom. The van der Waals surface area contributed by atoms with Gasteiger partial charge in [-0.3, -0.25) is 4.79 Å². The Morgan fingerprint density at radius 1 is 1.18 bits per heavy atom. The molecule has 0 spiro atoms. The lowest BCUT2D eigenvalue weighted by molar-refractivity contribution is 0.0739. The van der Waals surface area contributed by atoms with Crippen LogP contribution in [0.15, 0.2) is 24.8 Å². The van der Waals surface area contributed by atoms with Crippen molar-refractivity contribution in [1.82, 2.24) is 24.4 Å². The SMILES string of the molecule is COc1cc(C(=O)N2CCN(c3nccn3C)CC2)ncn1. The number of anilines is 1. The lowest BCUT2D eigenvalue weighted by Gasteiger charge is -2.35. The summed E-state index contributed by atoms with van der Waals surface area (Å²) in [6.07, 6.45) is 5.04. The molecule has 2 aromatic rings. The molecule has 0 unspecified atom stereocenters. The first-order valence-corrected chi connectivity index (χ1v) is 7.06. The summed E-state index contributed by atoms with van der Waals surface area (Å²) in [5.74, 6) is 1.22. The smallest absolute Gasteiger partial charge is 0.272 e. The third kappa shape index (κ3) is 2.72. The number of hydrogen-bond donors (Lipinski definition) is 0. The summed E-state index contributed by atoms with van der Waals surface area (Å²) in [5.41, 5.74) is 0.359. The Balaban J connectivity index is 1.65. The topological polar surface area (TPSA) is 76.4 Å². The maximum atomic E-state index is 12.5. The molecule has 0 bridgehead atoms. The molecule has 1 amide bonds. The van der Waals surface area contributed by atoms with Gasteiger partial charge in [0, 0.05) is 51.7 Å². The molecule has 2 aromatic heterocycles. The minimum atomic E-state index is -0.0970. The molecule has 8 nitrogen and oxygen atoms in total. The van der Waals surface area contributed by atoms with Crippen molar-refractivity contribution in [1.29, 1.82) is 0 Å². The van der Waals surface area contributed by atoms with Gasteiger partial charge in [0.2, 0.25) is 11.8 Å². The summed E-state index contributed by atoms with van der Waals surface area (Å²) in [7, 11) is 3.48. The Bertz CT molecular complexity index is 663. The van der Waals surface area contributed by atoms with Crippen LogP contribution in [0.2, 0.25) is 0 Å². The van der Waals surface area contributed by atoms with Crippen LogP contribution in [0.5, 0.6) is 5.88 Å². The van der Waals surface area contributed by atoms with Gasteiger partial charge >= 0.3 is 0 Å². The van der Waals surface area contributed by atoms with Gasteiger partial charge in [0.05, 0.1) is 7.11 Å². The van der Waals surface area contributed by atoms with Gasteiger partial charge < -0.3 is 19.1 Å². The highest BCUT2D eigenvalue weighted by molar-refractivity contribution is 5.92. The van der Waals surface area contributed by atoms with Gasteiger partial charge in [0.1, 0.15) is 12.0 Å². The molecule has 0 aromatic carbocycles. The van der Waals surface area contributed by atoms with E-state index in [4.69, 9.17) is 4.74 Å². The van der Waals surface area contributed by atoms with E-state index in [1.807, 2.05) is 17.8 Å². The third-order valence-electron chi connectivity index (χ3n) is 3.72. The Morgan fingerprint density at radius 3 is 2.59 bits per heavy atom. The molecule has 1 aliphatic heterocycles. The lowest BCUT2D eigenvalue weighted by Crippen LogP contribution is -2.49. The van der Waals surface area contributed by atoms with Gasteiger partial charge in [-0.15, -0.1) is 0 Å². The zero-order valence-electron chi connectivity index (χ0n) is 12.6. The summed E-state index contributed by atoms with van der Waals surface area (Å²) < 4.78 is 7.01. The number of piperazine rings is 1. The van der Waals surface area contributed by atoms with E-state index in [-0.39, 0.29) is 5.91 Å². The number of carbonyl (C=O) groups excluding carboxylic acids is 1. The van der Waals surface area contributed by atoms with Crippen LogP contribution in [0.4, 0.5) is 5.95 Å². The summed E-state index contributed by atoms with van der Waals surface area (Å²) in [6.45, 7) is 2.77. The minimum Gasteiger partial charge on any atom is -0.481 e. The average Bonchev–Trinajstić information content (AvgIpc) is 3.00. The minimum absolute atomic E-state index is 0.0970. The Hall–Kier alpha value is -2.64. The first-order valence-electron chi connectivity index (χ1n) is 7.06. The second kappa shape index (κ2) is 6.00. The number of ether oxygens (including phenoxy) is 1. The molecule has 22 heavy (non-hydrogen) atoms. The molecular formula is C14H18N6O2. The number of rotatable bonds is 3. The number of methoxy groups -OCH3 is 1. The van der Waals surface area contributed by atoms with Crippen LogP contribution in [0, 0.1) is 0 Å². The standard InChI is InChI=1S/C14H18N6O2/c1-18-4-3-15-14(18)20-7-5-19(6-8-20)13(21)11-9-12(22-2)17-10-16-11/h3-4,9-10H,5-8H2,1-2H3. The fourth-order valence-corrected chi connectivity index (χ4v) is 2.50. The summed E-state index contributed by atoms with van der Waals surface area (Å²) in [6, 6.07) is 1.56. The highest BCUT2D eigenvalue weighted by Gasteiger charge is 2.24. The van der Waals surface area contributed by atoms with Crippen LogP contribution in [0.3, 0.4) is 0 Å². The van der Waals surface area contributed by atoms with E-state index in [1.165, 1.54) is 13.4 Å². The third-order valence-corrected chi connectivity index (χ3v) is 3.72. The second-order valence-electron chi connectivity index (χ2n) is 5.06. The Kier molecular flexibility index (Phi) is 3.90. The van der Waals surface area contributed by atoms with Crippen LogP contribution in [-0.2, 0) is 7.05 Å². The van der Waals surface area contributed by atoms with Gasteiger partial charge in [-0.1, -0.05) is 0 Å². The van der Waals surface area contributed by atoms with Gasteiger partial charge in [-0.05, 0) is 0 Å². The van der Waals surface area contributed by atoms with Crippen LogP contribution in [-0.4, -0.2) is 63.6 Å². The van der Waals surface area contributed by atoms with E-state index in [1.54, 1.807) is 17.2 Å². The molecule has 0 saturated carbocycles. The fourth-order valence-electron chi connectivity index (χ4n) is 2.50. The summed E-state index contributed by atoms with van der Waals surface area (Å²) in [5, 5.41) is 0. The first-order chi connectivity index (χ1) is 10.7. The van der Waals surface area contributed by atoms with Crippen molar-refractivity contribution in [2.75, 3.05) is 38.2 Å². The summed E-state index contributed by atoms with van der Waals surface area (Å²) in [4.78, 5) is 28.7. The fraction of sp³-hybridized carbons (Fsp3) is 0.429. The molecule has 0 atom stereocenters. The normalized spacial score (nSPS) is 15.0. The van der Waals surface area contributed by atoms with E-state index >= 15 is 0 Å². The average molecular weight is 302 g/mol. The predicted molar refractivity (Wildman–Crippen MR) is 79.9 cm³/mol. The maximum Gasteiger partial charge on any atom is 0.272 e. The van der Waals surface area contributed by atoms with Crippen molar-refractivity contribution in [3.8, 4) is 5.88 Å². The van der Waals surface area contributed by atoms with Crippen LogP contribution in [0.25, 0.3) is 0 Å². The second-order valence-corrected chi connectivity index (χ2v) is 5.06. The number of hydrogen-bond acceptors (Lipinski definition) is 6. The monoisotopic (exact) mass is 302 g/mol. The van der Waals surface area contributed by atoms with Crippen molar-refractivity contribution < 1.29 is 9.53 Å². The van der Waals surface area contributed by atoms with Crippen LogP contribution < -0.4 is 9.64 Å². The molecule has 1 fully saturated rings. The molecule has 8 heteroatoms. The van der Waals surface area contributed by atoms with Crippen molar-refractivity contribution in [3.05, 3.63) is 30.5 Å². The molecule has 0 N–H and O–H groups in total. The van der Waals surface area contributed by atoms with Crippen molar-refractivity contribution in [2.45, 2.75) is 0 Å². The maximum absolute atomic E-state index is 12.5. The molecule has 0 radical (unpaired) electrons. The number of imidazole rings is 1. The lowest BCUT2D eigenvalue weighted by atomic mass is 10.2. The number of aryl methyl sites for hydroxylation is 1. The van der Waals surface area contributed by atoms with E-state index in [9.17, 15) is 4.79 Å². The highest BCUT2D eigenvalue weighted by Crippen LogP contribution is 2.15. The van der Waals surface area contributed by atoms with Crippen molar-refractivity contribution >= 4 is 11.9 Å². The molecule has 3 heterocycles. The number of carbonyl (C=O) groups is 1. The van der Waals surface area contributed by atoms with Gasteiger partial charge in [-0.2, -0.15) is 0 Å². The van der Waals surface area contributed by atoms with E-state index in [0.29, 0.717) is 24.7 Å². The number of aromatic nitrogens is 4. The van der Waals surface area contributed by atoms with Gasteiger partial charge in [-0.25, -0.2) is 15.0 Å². The van der Waals surface area contributed by atoms with Crippen LogP contribution >= 0.6 is 0 Å². The molecule has 1 aliphatic rings. The first kappa shape index (κ1) is 14.3. The zero-order chi connectivity index (χ0) is 15.5. The highest BCUT2D eigenvalue weighted by atomic mass is 16.5. The van der Waals surface area contributed by atoms with E-state index in [0.717, 1.165) is 19.0 Å². The van der Waals surface area contributed by atoms with Crippen LogP contribution in [0.1, 0.15) is 10.5 Å². The largest absolute Gasteiger partial charge is 0.481 e. The molecule has 116 valence electrons. The Labute approximate surface area is 128 Å². The molecule has 0 aliphatic carbocycles. The number of nitrogens with zero attached hydrogens (tertiary/aromatic N) is 6. The van der Waals surface area contributed by atoms with E-state index < -0.39 is 0 Å². The molecule has 1 saturated heterocycles. The molecular weight excluding hydrogens is 284 g/mol. The van der Waals surface area contributed by atoms with Gasteiger partial charge in [0.25, 0.3) is 5.91 Å². The summed E-state index contributed by atoms with van der Waals surface area (Å²) >= 11 is 0. The molecule has 3 rings (SSSR count). The predicted octanol–water partition coefficient (Wildman–Crippen LogP) is 0.181. The number of amides is 1. The van der Waals surface area contributed by atoms with Crippen molar-refractivity contribution in [3.63, 3.8) is 0 Å². The quantitative estimate of drug-likeness (QED) is 0.805. The van der Waals surface area contributed by atoms with E-state index in [2.05, 4.69) is 19.9 Å². The zero-order valence-corrected chi connectivity index (χ0v) is 12.6.